The number of nitrogen functional groups attached to an aromatic ring is 1. The Kier molecular flexibility index (Phi) is 6.22. The predicted molar refractivity (Wildman–Crippen MR) is 135 cm³/mol. The second-order valence-electron chi connectivity index (χ2n) is 8.47. The number of carbonyl (C=O) groups is 1. The van der Waals surface area contributed by atoms with E-state index in [1.807, 2.05) is 66.4 Å². The Morgan fingerprint density at radius 2 is 1.89 bits per heavy atom. The zero-order valence-electron chi connectivity index (χ0n) is 19.8. The van der Waals surface area contributed by atoms with Crippen LogP contribution in [0.25, 0.3) is 28.0 Å². The summed E-state index contributed by atoms with van der Waals surface area (Å²) in [5.41, 5.74) is 9.54. The lowest BCUT2D eigenvalue weighted by atomic mass is 9.98. The number of esters is 1. The van der Waals surface area contributed by atoms with Crippen molar-refractivity contribution in [3.8, 4) is 22.7 Å². The molecular formula is C26H28N6O3. The number of hydrogen-bond acceptors (Lipinski definition) is 8. The van der Waals surface area contributed by atoms with Gasteiger partial charge in [0.05, 0.1) is 36.4 Å². The molecule has 9 nitrogen and oxygen atoms in total. The predicted octanol–water partition coefficient (Wildman–Crippen LogP) is 3.85. The maximum Gasteiger partial charge on any atom is 0.310 e. The number of nitrogens with two attached hydrogens (primary N) is 1. The first-order valence-electron chi connectivity index (χ1n) is 11.8. The van der Waals surface area contributed by atoms with E-state index in [1.54, 1.807) is 11.8 Å². The highest BCUT2D eigenvalue weighted by Gasteiger charge is 2.29. The molecule has 1 aliphatic rings. The van der Waals surface area contributed by atoms with Gasteiger partial charge in [-0.1, -0.05) is 30.3 Å². The fourth-order valence-corrected chi connectivity index (χ4v) is 4.48. The number of aromatic nitrogens is 4. The molecule has 0 saturated carbocycles. The lowest BCUT2D eigenvalue weighted by Crippen LogP contribution is -2.40. The molecule has 2 aromatic heterocycles. The first kappa shape index (κ1) is 22.6. The Morgan fingerprint density at radius 3 is 2.60 bits per heavy atom. The molecule has 1 aliphatic heterocycles. The Bertz CT molecular complexity index is 1340. The molecule has 4 aromatic rings. The van der Waals surface area contributed by atoms with Crippen molar-refractivity contribution >= 4 is 28.8 Å². The van der Waals surface area contributed by atoms with Crippen LogP contribution in [0.15, 0.2) is 54.6 Å². The van der Waals surface area contributed by atoms with Gasteiger partial charge < -0.3 is 20.1 Å². The fourth-order valence-electron chi connectivity index (χ4n) is 4.48. The molecule has 0 unspecified atom stereocenters. The van der Waals surface area contributed by atoms with Gasteiger partial charge in [-0.25, -0.2) is 9.67 Å². The van der Waals surface area contributed by atoms with Crippen LogP contribution in [-0.4, -0.2) is 52.5 Å². The van der Waals surface area contributed by atoms with Gasteiger partial charge in [0, 0.05) is 18.7 Å². The molecule has 3 heterocycles. The average Bonchev–Trinajstić information content (AvgIpc) is 3.25. The summed E-state index contributed by atoms with van der Waals surface area (Å²) in [4.78, 5) is 24.2. The van der Waals surface area contributed by atoms with Gasteiger partial charge in [-0.3, -0.25) is 4.79 Å². The summed E-state index contributed by atoms with van der Waals surface area (Å²) in [7, 11) is 1.63. The van der Waals surface area contributed by atoms with Crippen LogP contribution in [0.5, 0.6) is 5.75 Å². The van der Waals surface area contributed by atoms with Crippen LogP contribution in [-0.2, 0) is 9.53 Å². The van der Waals surface area contributed by atoms with E-state index in [0.717, 1.165) is 36.4 Å². The van der Waals surface area contributed by atoms with Gasteiger partial charge >= 0.3 is 5.97 Å². The molecule has 1 fully saturated rings. The second kappa shape index (κ2) is 9.61. The van der Waals surface area contributed by atoms with Crippen molar-refractivity contribution in [2.24, 2.45) is 5.92 Å². The van der Waals surface area contributed by atoms with Crippen LogP contribution < -0.4 is 15.4 Å². The van der Waals surface area contributed by atoms with Gasteiger partial charge in [0.2, 0.25) is 5.95 Å². The van der Waals surface area contributed by atoms with Crippen LogP contribution in [0, 0.1) is 5.92 Å². The van der Waals surface area contributed by atoms with Crippen molar-refractivity contribution in [3.05, 3.63) is 54.6 Å². The topological polar surface area (TPSA) is 108 Å². The van der Waals surface area contributed by atoms with Gasteiger partial charge in [-0.2, -0.15) is 4.98 Å². The smallest absolute Gasteiger partial charge is 0.310 e. The number of anilines is 2. The second-order valence-corrected chi connectivity index (χ2v) is 8.47. The molecule has 2 aromatic carbocycles. The highest BCUT2D eigenvalue weighted by atomic mass is 16.5. The van der Waals surface area contributed by atoms with E-state index in [9.17, 15) is 4.79 Å². The molecule has 0 amide bonds. The molecule has 0 aliphatic carbocycles. The standard InChI is InChI=1S/C26H28N6O3/c1-3-35-25(33)18-10-7-15-31(16-18)26-28-22(17-8-5-4-6-9-17)21-23(27)32(30-24(21)29-26)19-11-13-20(34-2)14-12-19/h4-6,8-9,11-14,18H,3,7,10,15-16,27H2,1-2H3/t18-/m1/s1. The molecule has 35 heavy (non-hydrogen) atoms. The zero-order chi connectivity index (χ0) is 24.4. The van der Waals surface area contributed by atoms with Crippen LogP contribution in [0.4, 0.5) is 11.8 Å². The minimum Gasteiger partial charge on any atom is -0.497 e. The molecule has 1 saturated heterocycles. The zero-order valence-corrected chi connectivity index (χ0v) is 19.8. The van der Waals surface area contributed by atoms with E-state index in [0.29, 0.717) is 41.6 Å². The normalized spacial score (nSPS) is 15.8. The number of methoxy groups -OCH3 is 1. The molecule has 9 heteroatoms. The summed E-state index contributed by atoms with van der Waals surface area (Å²) in [5, 5.41) is 5.43. The Labute approximate surface area is 203 Å². The quantitative estimate of drug-likeness (QED) is 0.422. The molecular weight excluding hydrogens is 444 g/mol. The number of rotatable bonds is 6. The molecule has 0 spiro atoms. The average molecular weight is 473 g/mol. The number of fused-ring (bicyclic) bond motifs is 1. The maximum absolute atomic E-state index is 12.4. The highest BCUT2D eigenvalue weighted by molar-refractivity contribution is 5.99. The molecule has 180 valence electrons. The van der Waals surface area contributed by atoms with Crippen molar-refractivity contribution < 1.29 is 14.3 Å². The summed E-state index contributed by atoms with van der Waals surface area (Å²) in [6, 6.07) is 17.4. The summed E-state index contributed by atoms with van der Waals surface area (Å²) in [5.74, 6) is 1.36. The van der Waals surface area contributed by atoms with Crippen LogP contribution in [0.2, 0.25) is 0 Å². The van der Waals surface area contributed by atoms with E-state index in [1.165, 1.54) is 0 Å². The first-order chi connectivity index (χ1) is 17.1. The Balaban J connectivity index is 1.61. The Hall–Kier alpha value is -4.14. The first-order valence-corrected chi connectivity index (χ1v) is 11.8. The van der Waals surface area contributed by atoms with Crippen molar-refractivity contribution in [1.82, 2.24) is 19.7 Å². The number of nitrogens with zero attached hydrogens (tertiary/aromatic N) is 5. The SMILES string of the molecule is CCOC(=O)[C@@H]1CCCN(c2nc(-c3ccccc3)c3c(N)n(-c4ccc(OC)cc4)nc3n2)C1. The third kappa shape index (κ3) is 4.37. The van der Waals surface area contributed by atoms with E-state index in [-0.39, 0.29) is 11.9 Å². The molecule has 0 radical (unpaired) electrons. The van der Waals surface area contributed by atoms with E-state index in [2.05, 4.69) is 0 Å². The van der Waals surface area contributed by atoms with Crippen LogP contribution in [0.1, 0.15) is 19.8 Å². The van der Waals surface area contributed by atoms with Gasteiger partial charge in [0.15, 0.2) is 5.65 Å². The van der Waals surface area contributed by atoms with E-state index in [4.69, 9.17) is 30.3 Å². The van der Waals surface area contributed by atoms with Crippen molar-refractivity contribution in [3.63, 3.8) is 0 Å². The summed E-state index contributed by atoms with van der Waals surface area (Å²) in [6.07, 6.45) is 1.65. The summed E-state index contributed by atoms with van der Waals surface area (Å²) in [6.45, 7) is 3.46. The molecule has 1 atom stereocenters. The van der Waals surface area contributed by atoms with E-state index >= 15 is 0 Å². The largest absolute Gasteiger partial charge is 0.497 e. The third-order valence-electron chi connectivity index (χ3n) is 6.25. The van der Waals surface area contributed by atoms with Crippen LogP contribution >= 0.6 is 0 Å². The summed E-state index contributed by atoms with van der Waals surface area (Å²) < 4.78 is 12.2. The molecule has 0 bridgehead atoms. The maximum atomic E-state index is 12.4. The van der Waals surface area contributed by atoms with Crippen molar-refractivity contribution in [2.75, 3.05) is 37.4 Å². The van der Waals surface area contributed by atoms with E-state index < -0.39 is 0 Å². The molecule has 5 rings (SSSR count). The van der Waals surface area contributed by atoms with Gasteiger partial charge in [-0.15, -0.1) is 5.10 Å². The molecule has 2 N–H and O–H groups in total. The fraction of sp³-hybridized carbons (Fsp3) is 0.308. The number of benzene rings is 2. The summed E-state index contributed by atoms with van der Waals surface area (Å²) >= 11 is 0. The third-order valence-corrected chi connectivity index (χ3v) is 6.25. The van der Waals surface area contributed by atoms with Crippen LogP contribution in [0.3, 0.4) is 0 Å². The minimum absolute atomic E-state index is 0.172. The van der Waals surface area contributed by atoms with Crippen molar-refractivity contribution in [1.29, 1.82) is 0 Å². The number of piperidine rings is 1. The number of hydrogen-bond donors (Lipinski definition) is 1. The van der Waals surface area contributed by atoms with Gasteiger partial charge in [0.25, 0.3) is 0 Å². The van der Waals surface area contributed by atoms with Gasteiger partial charge in [0.1, 0.15) is 11.6 Å². The monoisotopic (exact) mass is 472 g/mol. The highest BCUT2D eigenvalue weighted by Crippen LogP contribution is 2.34. The van der Waals surface area contributed by atoms with Crippen molar-refractivity contribution in [2.45, 2.75) is 19.8 Å². The number of ether oxygens (including phenoxy) is 2. The van der Waals surface area contributed by atoms with Gasteiger partial charge in [-0.05, 0) is 44.0 Å². The lowest BCUT2D eigenvalue weighted by Gasteiger charge is -2.31. The lowest BCUT2D eigenvalue weighted by molar-refractivity contribution is -0.148. The minimum atomic E-state index is -0.204. The number of carbonyl (C=O) groups excluding carboxylic acids is 1. The Morgan fingerprint density at radius 1 is 1.11 bits per heavy atom.